The van der Waals surface area contributed by atoms with Gasteiger partial charge in [-0.05, 0) is 12.1 Å². The van der Waals surface area contributed by atoms with Crippen molar-refractivity contribution in [3.8, 4) is 0 Å². The molecule has 1 fully saturated rings. The van der Waals surface area contributed by atoms with E-state index in [9.17, 15) is 8.42 Å². The van der Waals surface area contributed by atoms with Crippen molar-refractivity contribution in [1.82, 2.24) is 4.98 Å². The van der Waals surface area contributed by atoms with Crippen molar-refractivity contribution in [3.63, 3.8) is 0 Å². The molecule has 20 heavy (non-hydrogen) atoms. The van der Waals surface area contributed by atoms with Crippen LogP contribution in [0.2, 0.25) is 0 Å². The third-order valence-electron chi connectivity index (χ3n) is 3.25. The van der Waals surface area contributed by atoms with Crippen LogP contribution in [0.5, 0.6) is 0 Å². The minimum atomic E-state index is -3.21. The topological polar surface area (TPSA) is 100 Å². The van der Waals surface area contributed by atoms with Gasteiger partial charge in [-0.15, -0.1) is 0 Å². The highest BCUT2D eigenvalue weighted by molar-refractivity contribution is 8.01. The summed E-state index contributed by atoms with van der Waals surface area (Å²) in [4.78, 5) is 6.02. The van der Waals surface area contributed by atoms with Crippen molar-refractivity contribution in [1.29, 1.82) is 5.41 Å². The van der Waals surface area contributed by atoms with Crippen LogP contribution in [0.1, 0.15) is 12.5 Å². The molecule has 0 bridgehead atoms. The Morgan fingerprint density at radius 1 is 1.65 bits per heavy atom. The van der Waals surface area contributed by atoms with Crippen LogP contribution in [0.15, 0.2) is 18.3 Å². The van der Waals surface area contributed by atoms with Crippen molar-refractivity contribution in [2.45, 2.75) is 12.3 Å². The number of sulfone groups is 1. The Bertz CT molecular complexity index is 603. The second-order valence-corrected chi connectivity index (χ2v) is 8.06. The summed E-state index contributed by atoms with van der Waals surface area (Å²) in [7, 11) is -3.21. The molecule has 0 amide bonds. The van der Waals surface area contributed by atoms with E-state index in [4.69, 9.17) is 11.1 Å². The number of aromatic nitrogens is 1. The highest BCUT2D eigenvalue weighted by Gasteiger charge is 2.34. The smallest absolute Gasteiger partial charge is 0.171 e. The predicted octanol–water partition coefficient (Wildman–Crippen LogP) is 0.680. The van der Waals surface area contributed by atoms with Crippen LogP contribution in [-0.4, -0.2) is 48.4 Å². The molecule has 3 N–H and O–H groups in total. The van der Waals surface area contributed by atoms with Gasteiger partial charge < -0.3 is 10.6 Å². The number of thioether (sulfide) groups is 1. The number of pyridine rings is 1. The maximum absolute atomic E-state index is 12.3. The average molecular weight is 314 g/mol. The quantitative estimate of drug-likeness (QED) is 0.626. The van der Waals surface area contributed by atoms with Crippen molar-refractivity contribution in [2.75, 3.05) is 28.7 Å². The first-order valence-electron chi connectivity index (χ1n) is 6.32. The van der Waals surface area contributed by atoms with E-state index in [0.717, 1.165) is 5.75 Å². The molecular formula is C12H18N4O2S2. The van der Waals surface area contributed by atoms with Crippen molar-refractivity contribution in [2.24, 2.45) is 5.73 Å². The lowest BCUT2D eigenvalue weighted by molar-refractivity contribution is 0.579. The van der Waals surface area contributed by atoms with Gasteiger partial charge in [-0.1, -0.05) is 6.92 Å². The van der Waals surface area contributed by atoms with E-state index in [1.54, 1.807) is 41.9 Å². The molecule has 2 heterocycles. The number of anilines is 1. The van der Waals surface area contributed by atoms with E-state index in [0.29, 0.717) is 23.7 Å². The van der Waals surface area contributed by atoms with E-state index in [1.165, 1.54) is 0 Å². The minimum absolute atomic E-state index is 0.0942. The SMILES string of the molecule is CCS(=O)(=O)C1CSCCN1c1ncccc1C(=N)N. The van der Waals surface area contributed by atoms with E-state index in [1.807, 2.05) is 0 Å². The van der Waals surface area contributed by atoms with Crippen molar-refractivity contribution >= 4 is 33.3 Å². The number of amidine groups is 1. The van der Waals surface area contributed by atoms with Gasteiger partial charge in [-0.2, -0.15) is 11.8 Å². The second-order valence-electron chi connectivity index (χ2n) is 4.46. The molecule has 8 heteroatoms. The molecule has 1 aliphatic heterocycles. The molecule has 1 aromatic heterocycles. The Morgan fingerprint density at radius 2 is 2.40 bits per heavy atom. The molecule has 2 rings (SSSR count). The van der Waals surface area contributed by atoms with Crippen LogP contribution in [0, 0.1) is 5.41 Å². The summed E-state index contributed by atoms with van der Waals surface area (Å²) in [6.07, 6.45) is 1.60. The number of nitrogen functional groups attached to an aromatic ring is 1. The van der Waals surface area contributed by atoms with Gasteiger partial charge in [0.15, 0.2) is 9.84 Å². The van der Waals surface area contributed by atoms with Crippen LogP contribution in [-0.2, 0) is 9.84 Å². The third kappa shape index (κ3) is 2.90. The van der Waals surface area contributed by atoms with Gasteiger partial charge in [0.25, 0.3) is 0 Å². The summed E-state index contributed by atoms with van der Waals surface area (Å²) in [6.45, 7) is 2.24. The van der Waals surface area contributed by atoms with Gasteiger partial charge in [0.2, 0.25) is 0 Å². The third-order valence-corrected chi connectivity index (χ3v) is 6.54. The predicted molar refractivity (Wildman–Crippen MR) is 83.2 cm³/mol. The normalized spacial score (nSPS) is 19.9. The summed E-state index contributed by atoms with van der Waals surface area (Å²) in [5.41, 5.74) is 6.05. The van der Waals surface area contributed by atoms with Crippen LogP contribution in [0.4, 0.5) is 5.82 Å². The van der Waals surface area contributed by atoms with Crippen LogP contribution < -0.4 is 10.6 Å². The van der Waals surface area contributed by atoms with E-state index in [2.05, 4.69) is 4.98 Å². The minimum Gasteiger partial charge on any atom is -0.384 e. The van der Waals surface area contributed by atoms with Crippen molar-refractivity contribution in [3.05, 3.63) is 23.9 Å². The van der Waals surface area contributed by atoms with Crippen LogP contribution in [0.25, 0.3) is 0 Å². The first-order valence-corrected chi connectivity index (χ1v) is 9.19. The Morgan fingerprint density at radius 3 is 3.05 bits per heavy atom. The fraction of sp³-hybridized carbons (Fsp3) is 0.500. The first kappa shape index (κ1) is 15.1. The number of rotatable bonds is 4. The molecule has 1 aromatic rings. The summed E-state index contributed by atoms with van der Waals surface area (Å²) in [5, 5.41) is 7.02. The van der Waals surface area contributed by atoms with Gasteiger partial charge in [0, 0.05) is 30.0 Å². The van der Waals surface area contributed by atoms with Gasteiger partial charge in [-0.3, -0.25) is 5.41 Å². The molecule has 1 unspecified atom stereocenters. The largest absolute Gasteiger partial charge is 0.384 e. The van der Waals surface area contributed by atoms with Crippen LogP contribution in [0.3, 0.4) is 0 Å². The fourth-order valence-corrected chi connectivity index (χ4v) is 5.12. The molecule has 0 radical (unpaired) electrons. The first-order chi connectivity index (χ1) is 9.47. The molecule has 1 atom stereocenters. The molecular weight excluding hydrogens is 296 g/mol. The lowest BCUT2D eigenvalue weighted by Gasteiger charge is -2.36. The summed E-state index contributed by atoms with van der Waals surface area (Å²) in [6, 6.07) is 3.39. The summed E-state index contributed by atoms with van der Waals surface area (Å²) < 4.78 is 24.5. The maximum atomic E-state index is 12.3. The molecule has 6 nitrogen and oxygen atoms in total. The Kier molecular flexibility index (Phi) is 4.54. The number of nitrogens with zero attached hydrogens (tertiary/aromatic N) is 2. The number of nitrogens with two attached hydrogens (primary N) is 1. The highest BCUT2D eigenvalue weighted by atomic mass is 32.2. The van der Waals surface area contributed by atoms with Gasteiger partial charge in [0.05, 0.1) is 5.56 Å². The summed E-state index contributed by atoms with van der Waals surface area (Å²) in [5.74, 6) is 1.84. The molecule has 0 aliphatic carbocycles. The highest BCUT2D eigenvalue weighted by Crippen LogP contribution is 2.28. The standard InChI is InChI=1S/C12H18N4O2S2/c1-2-20(17,18)10-8-19-7-6-16(10)12-9(11(13)14)4-3-5-15-12/h3-5,10H,2,6-8H2,1H3,(H3,13,14). The molecule has 0 aromatic carbocycles. The zero-order chi connectivity index (χ0) is 14.8. The summed E-state index contributed by atoms with van der Waals surface area (Å²) >= 11 is 1.62. The zero-order valence-corrected chi connectivity index (χ0v) is 12.9. The number of nitrogens with one attached hydrogen (secondary N) is 1. The van der Waals surface area contributed by atoms with E-state index in [-0.39, 0.29) is 11.6 Å². The van der Waals surface area contributed by atoms with Gasteiger partial charge in [0.1, 0.15) is 17.0 Å². The van der Waals surface area contributed by atoms with Crippen LogP contribution >= 0.6 is 11.8 Å². The van der Waals surface area contributed by atoms with E-state index < -0.39 is 15.2 Å². The molecule has 1 saturated heterocycles. The fourth-order valence-electron chi connectivity index (χ4n) is 2.15. The Hall–Kier alpha value is -1.28. The molecule has 0 saturated carbocycles. The number of hydrogen-bond acceptors (Lipinski definition) is 6. The Labute approximate surface area is 123 Å². The zero-order valence-electron chi connectivity index (χ0n) is 11.2. The lowest BCUT2D eigenvalue weighted by atomic mass is 10.2. The maximum Gasteiger partial charge on any atom is 0.171 e. The molecule has 0 spiro atoms. The number of hydrogen-bond donors (Lipinski definition) is 2. The van der Waals surface area contributed by atoms with Gasteiger partial charge in [-0.25, -0.2) is 13.4 Å². The average Bonchev–Trinajstić information content (AvgIpc) is 2.47. The van der Waals surface area contributed by atoms with Crippen molar-refractivity contribution < 1.29 is 8.42 Å². The second kappa shape index (κ2) is 6.01. The van der Waals surface area contributed by atoms with E-state index >= 15 is 0 Å². The molecule has 1 aliphatic rings. The Balaban J connectivity index is 2.46. The lowest BCUT2D eigenvalue weighted by Crippen LogP contribution is -2.49. The van der Waals surface area contributed by atoms with Gasteiger partial charge >= 0.3 is 0 Å². The monoisotopic (exact) mass is 314 g/mol. The molecule has 110 valence electrons.